The molecule has 3 nitrogen and oxygen atoms in total. The van der Waals surface area contributed by atoms with Crippen molar-refractivity contribution in [1.82, 2.24) is 4.90 Å². The summed E-state index contributed by atoms with van der Waals surface area (Å²) in [5.41, 5.74) is 2.01. The minimum absolute atomic E-state index is 0.0873. The highest BCUT2D eigenvalue weighted by atomic mass is 32.2. The van der Waals surface area contributed by atoms with Gasteiger partial charge in [-0.05, 0) is 48.4 Å². The van der Waals surface area contributed by atoms with Gasteiger partial charge in [0.1, 0.15) is 0 Å². The van der Waals surface area contributed by atoms with E-state index in [1.807, 2.05) is 71.7 Å². The predicted molar refractivity (Wildman–Crippen MR) is 118 cm³/mol. The Morgan fingerprint density at radius 2 is 1.61 bits per heavy atom. The molecule has 2 aromatic rings. The molecule has 0 bridgehead atoms. The van der Waals surface area contributed by atoms with Gasteiger partial charge in [-0.1, -0.05) is 79.9 Å². The molecule has 2 fully saturated rings. The summed E-state index contributed by atoms with van der Waals surface area (Å²) in [5.74, 6) is 0.0873. The Hall–Kier alpha value is -2.59. The molecule has 0 radical (unpaired) electrons. The molecule has 1 aliphatic carbocycles. The molecule has 4 heteroatoms. The Kier molecular flexibility index (Phi) is 6.07. The van der Waals surface area contributed by atoms with Crippen molar-refractivity contribution in [1.29, 1.82) is 0 Å². The summed E-state index contributed by atoms with van der Waals surface area (Å²) in [6.45, 7) is 0. The molecule has 0 N–H and O–H groups in total. The average Bonchev–Trinajstić information content (AvgIpc) is 3.05. The maximum Gasteiger partial charge on any atom is 0.266 e. The fourth-order valence-corrected chi connectivity index (χ4v) is 4.67. The third-order valence-electron chi connectivity index (χ3n) is 5.09. The lowest BCUT2D eigenvalue weighted by molar-refractivity contribution is -0.124. The smallest absolute Gasteiger partial charge is 0.266 e. The van der Waals surface area contributed by atoms with Crippen LogP contribution in [0.4, 0.5) is 5.69 Å². The number of amides is 1. The number of hydrogen-bond acceptors (Lipinski definition) is 3. The van der Waals surface area contributed by atoms with E-state index < -0.39 is 0 Å². The average molecular weight is 389 g/mol. The second-order valence-electron chi connectivity index (χ2n) is 7.10. The number of allylic oxidation sites excluding steroid dienone is 2. The van der Waals surface area contributed by atoms with Crippen LogP contribution in [0.15, 0.2) is 82.7 Å². The number of amidine groups is 1. The first-order valence-corrected chi connectivity index (χ1v) is 10.7. The lowest BCUT2D eigenvalue weighted by atomic mass is 9.94. The predicted octanol–water partition coefficient (Wildman–Crippen LogP) is 6.18. The number of nitrogens with zero attached hydrogens (tertiary/aromatic N) is 2. The first-order chi connectivity index (χ1) is 13.8. The van der Waals surface area contributed by atoms with Crippen LogP contribution in [-0.2, 0) is 4.79 Å². The van der Waals surface area contributed by atoms with Crippen molar-refractivity contribution in [2.24, 2.45) is 4.99 Å². The van der Waals surface area contributed by atoms with Crippen LogP contribution in [-0.4, -0.2) is 22.0 Å². The number of hydrogen-bond donors (Lipinski definition) is 0. The minimum Gasteiger partial charge on any atom is -0.283 e. The van der Waals surface area contributed by atoms with Crippen molar-refractivity contribution in [3.8, 4) is 0 Å². The summed E-state index contributed by atoms with van der Waals surface area (Å²) in [6, 6.07) is 20.3. The number of carbonyl (C=O) groups is 1. The Morgan fingerprint density at radius 1 is 0.929 bits per heavy atom. The van der Waals surface area contributed by atoms with Crippen molar-refractivity contribution in [3.63, 3.8) is 0 Å². The molecule has 1 saturated heterocycles. The molecule has 0 aromatic heterocycles. The summed E-state index contributed by atoms with van der Waals surface area (Å²) >= 11 is 1.49. The highest BCUT2D eigenvalue weighted by molar-refractivity contribution is 8.18. The van der Waals surface area contributed by atoms with E-state index >= 15 is 0 Å². The van der Waals surface area contributed by atoms with Gasteiger partial charge in [-0.15, -0.1) is 0 Å². The molecule has 0 spiro atoms. The molecule has 2 aliphatic rings. The van der Waals surface area contributed by atoms with Crippen molar-refractivity contribution >= 4 is 34.6 Å². The topological polar surface area (TPSA) is 32.7 Å². The molecule has 28 heavy (non-hydrogen) atoms. The van der Waals surface area contributed by atoms with Crippen LogP contribution in [0.3, 0.4) is 0 Å². The third kappa shape index (κ3) is 4.45. The second-order valence-corrected chi connectivity index (χ2v) is 8.11. The van der Waals surface area contributed by atoms with Gasteiger partial charge in [0, 0.05) is 6.04 Å². The summed E-state index contributed by atoms with van der Waals surface area (Å²) < 4.78 is 0. The molecular weight excluding hydrogens is 364 g/mol. The first kappa shape index (κ1) is 18.8. The molecule has 0 atom stereocenters. The van der Waals surface area contributed by atoms with Gasteiger partial charge in [0.25, 0.3) is 5.91 Å². The van der Waals surface area contributed by atoms with Crippen molar-refractivity contribution in [2.45, 2.75) is 38.1 Å². The quantitative estimate of drug-likeness (QED) is 0.586. The van der Waals surface area contributed by atoms with E-state index in [4.69, 9.17) is 4.99 Å². The van der Waals surface area contributed by atoms with Gasteiger partial charge in [-0.25, -0.2) is 4.99 Å². The van der Waals surface area contributed by atoms with Gasteiger partial charge in [0.15, 0.2) is 5.17 Å². The van der Waals surface area contributed by atoms with Crippen molar-refractivity contribution in [3.05, 3.63) is 83.3 Å². The number of benzene rings is 2. The summed E-state index contributed by atoms with van der Waals surface area (Å²) in [4.78, 5) is 20.7. The molecule has 4 rings (SSSR count). The number of aliphatic imine (C=N–C) groups is 1. The molecule has 1 amide bonds. The summed E-state index contributed by atoms with van der Waals surface area (Å²) in [6.07, 6.45) is 11.7. The third-order valence-corrected chi connectivity index (χ3v) is 6.09. The minimum atomic E-state index is 0.0873. The Bertz CT molecular complexity index is 897. The highest BCUT2D eigenvalue weighted by Gasteiger charge is 2.38. The number of para-hydroxylation sites is 1. The van der Waals surface area contributed by atoms with Crippen molar-refractivity contribution < 1.29 is 4.79 Å². The highest BCUT2D eigenvalue weighted by Crippen LogP contribution is 2.37. The molecular formula is C24H24N2OS. The first-order valence-electron chi connectivity index (χ1n) is 9.90. The molecule has 1 heterocycles. The standard InChI is InChI=1S/C24H24N2OS/c27-23-22(18-10-13-19-11-4-1-5-12-19)28-24(25-20-14-6-2-7-15-20)26(23)21-16-8-3-9-17-21/h1-2,4-7,10-15,18,21H,3,8-9,16-17H2. The summed E-state index contributed by atoms with van der Waals surface area (Å²) in [5, 5.41) is 0.808. The van der Waals surface area contributed by atoms with Crippen LogP contribution >= 0.6 is 11.8 Å². The fourth-order valence-electron chi connectivity index (χ4n) is 3.66. The van der Waals surface area contributed by atoms with Gasteiger partial charge in [0.05, 0.1) is 10.6 Å². The maximum absolute atomic E-state index is 13.2. The van der Waals surface area contributed by atoms with Crippen molar-refractivity contribution in [2.75, 3.05) is 0 Å². The van der Waals surface area contributed by atoms with E-state index in [0.29, 0.717) is 0 Å². The number of thioether (sulfide) groups is 1. The van der Waals surface area contributed by atoms with E-state index in [1.165, 1.54) is 31.0 Å². The fraction of sp³-hybridized carbons (Fsp3) is 0.250. The monoisotopic (exact) mass is 388 g/mol. The molecule has 142 valence electrons. The lowest BCUT2D eigenvalue weighted by Gasteiger charge is -2.30. The van der Waals surface area contributed by atoms with E-state index in [2.05, 4.69) is 12.1 Å². The molecule has 2 aromatic carbocycles. The number of rotatable bonds is 4. The van der Waals surface area contributed by atoms with Crippen LogP contribution in [0.25, 0.3) is 6.08 Å². The van der Waals surface area contributed by atoms with Gasteiger partial charge < -0.3 is 0 Å². The van der Waals surface area contributed by atoms with Gasteiger partial charge in [-0.3, -0.25) is 9.69 Å². The Labute approximate surface area is 170 Å². The zero-order valence-electron chi connectivity index (χ0n) is 15.8. The molecule has 1 aliphatic heterocycles. The van der Waals surface area contributed by atoms with Crippen LogP contribution in [0, 0.1) is 0 Å². The van der Waals surface area contributed by atoms with Crippen LogP contribution in [0.2, 0.25) is 0 Å². The van der Waals surface area contributed by atoms with E-state index in [9.17, 15) is 4.79 Å². The van der Waals surface area contributed by atoms with Crippen LogP contribution in [0.1, 0.15) is 37.7 Å². The zero-order chi connectivity index (χ0) is 19.2. The van der Waals surface area contributed by atoms with Gasteiger partial charge in [-0.2, -0.15) is 0 Å². The largest absolute Gasteiger partial charge is 0.283 e. The van der Waals surface area contributed by atoms with E-state index in [1.54, 1.807) is 0 Å². The molecule has 0 unspecified atom stereocenters. The summed E-state index contributed by atoms with van der Waals surface area (Å²) in [7, 11) is 0. The van der Waals surface area contributed by atoms with Crippen LogP contribution < -0.4 is 0 Å². The Morgan fingerprint density at radius 3 is 2.32 bits per heavy atom. The maximum atomic E-state index is 13.2. The van der Waals surface area contributed by atoms with Gasteiger partial charge in [0.2, 0.25) is 0 Å². The van der Waals surface area contributed by atoms with E-state index in [0.717, 1.165) is 34.2 Å². The number of carbonyl (C=O) groups excluding carboxylic acids is 1. The Balaban J connectivity index is 1.61. The lowest BCUT2D eigenvalue weighted by Crippen LogP contribution is -2.40. The SMILES string of the molecule is O=C1C(=CC=Cc2ccccc2)SC(=Nc2ccccc2)N1C1CCCCC1. The zero-order valence-corrected chi connectivity index (χ0v) is 16.6. The normalized spacial score (nSPS) is 21.3. The van der Waals surface area contributed by atoms with Crippen LogP contribution in [0.5, 0.6) is 0 Å². The second kappa shape index (κ2) is 9.07. The molecule has 1 saturated carbocycles. The van der Waals surface area contributed by atoms with E-state index in [-0.39, 0.29) is 11.9 Å². The van der Waals surface area contributed by atoms with Gasteiger partial charge >= 0.3 is 0 Å².